The average molecular weight is 350 g/mol. The Balaban J connectivity index is 2.12. The number of rotatable bonds is 5. The Morgan fingerprint density at radius 2 is 1.86 bits per heavy atom. The number of methoxy groups -OCH3 is 1. The summed E-state index contributed by atoms with van der Waals surface area (Å²) in [6, 6.07) is 13.8. The van der Waals surface area contributed by atoms with Gasteiger partial charge in [0.1, 0.15) is 11.5 Å². The summed E-state index contributed by atoms with van der Waals surface area (Å²) in [6.45, 7) is 4.15. The highest BCUT2D eigenvalue weighted by atomic mass is 79.9. The number of ether oxygens (including phenoxy) is 1. The molecule has 4 heteroatoms. The van der Waals surface area contributed by atoms with Crippen molar-refractivity contribution in [3.8, 4) is 11.5 Å². The number of aromatic hydroxyl groups is 1. The summed E-state index contributed by atoms with van der Waals surface area (Å²) < 4.78 is 6.17. The standard InChI is InChI=1S/C17H20BrNO2/c1-11(13-5-4-6-14(18)9-13)19-12(2)16-8-7-15(21-3)10-17(16)20/h4-12,19-20H,1-3H3/t11-,12?/m1/s1. The molecular weight excluding hydrogens is 330 g/mol. The number of benzene rings is 2. The minimum Gasteiger partial charge on any atom is -0.507 e. The van der Waals surface area contributed by atoms with Crippen LogP contribution < -0.4 is 10.1 Å². The molecule has 0 aromatic heterocycles. The van der Waals surface area contributed by atoms with Gasteiger partial charge in [0.25, 0.3) is 0 Å². The second kappa shape index (κ2) is 6.96. The van der Waals surface area contributed by atoms with Crippen LogP contribution in [0.3, 0.4) is 0 Å². The predicted octanol–water partition coefficient (Wildman–Crippen LogP) is 4.58. The van der Waals surface area contributed by atoms with E-state index in [1.807, 2.05) is 31.2 Å². The van der Waals surface area contributed by atoms with Gasteiger partial charge in [-0.15, -0.1) is 0 Å². The van der Waals surface area contributed by atoms with E-state index in [-0.39, 0.29) is 17.8 Å². The van der Waals surface area contributed by atoms with Crippen molar-refractivity contribution in [1.82, 2.24) is 5.32 Å². The van der Waals surface area contributed by atoms with Gasteiger partial charge in [0.05, 0.1) is 7.11 Å². The molecule has 2 aromatic carbocycles. The summed E-state index contributed by atoms with van der Waals surface area (Å²) >= 11 is 3.49. The fourth-order valence-electron chi connectivity index (χ4n) is 2.35. The van der Waals surface area contributed by atoms with Crippen LogP contribution in [0.15, 0.2) is 46.9 Å². The molecule has 21 heavy (non-hydrogen) atoms. The van der Waals surface area contributed by atoms with Gasteiger partial charge in [-0.1, -0.05) is 34.1 Å². The molecule has 0 radical (unpaired) electrons. The molecule has 0 aliphatic heterocycles. The zero-order valence-corrected chi connectivity index (χ0v) is 14.0. The molecule has 112 valence electrons. The van der Waals surface area contributed by atoms with Gasteiger partial charge in [-0.3, -0.25) is 0 Å². The Labute approximate surface area is 134 Å². The van der Waals surface area contributed by atoms with Crippen molar-refractivity contribution >= 4 is 15.9 Å². The summed E-state index contributed by atoms with van der Waals surface area (Å²) in [7, 11) is 1.59. The number of hydrogen-bond donors (Lipinski definition) is 2. The first-order chi connectivity index (χ1) is 10.0. The number of phenols is 1. The third kappa shape index (κ3) is 3.99. The van der Waals surface area contributed by atoms with Gasteiger partial charge in [-0.25, -0.2) is 0 Å². The molecule has 0 aliphatic carbocycles. The average Bonchev–Trinajstić information content (AvgIpc) is 2.46. The molecule has 0 bridgehead atoms. The fraction of sp³-hybridized carbons (Fsp3) is 0.294. The van der Waals surface area contributed by atoms with Crippen molar-refractivity contribution in [3.63, 3.8) is 0 Å². The van der Waals surface area contributed by atoms with Gasteiger partial charge in [0, 0.05) is 28.2 Å². The maximum absolute atomic E-state index is 10.1. The third-order valence-corrected chi connectivity index (χ3v) is 4.05. The molecule has 0 aliphatic rings. The molecule has 0 heterocycles. The van der Waals surface area contributed by atoms with Crippen molar-refractivity contribution in [2.24, 2.45) is 0 Å². The molecule has 3 nitrogen and oxygen atoms in total. The van der Waals surface area contributed by atoms with Gasteiger partial charge < -0.3 is 15.2 Å². The number of nitrogens with one attached hydrogen (secondary N) is 1. The molecule has 2 rings (SSSR count). The van der Waals surface area contributed by atoms with Crippen LogP contribution in [0.4, 0.5) is 0 Å². The highest BCUT2D eigenvalue weighted by molar-refractivity contribution is 9.10. The van der Waals surface area contributed by atoms with Gasteiger partial charge >= 0.3 is 0 Å². The van der Waals surface area contributed by atoms with E-state index in [1.54, 1.807) is 13.2 Å². The highest BCUT2D eigenvalue weighted by Gasteiger charge is 2.14. The summed E-state index contributed by atoms with van der Waals surface area (Å²) in [5.41, 5.74) is 2.06. The van der Waals surface area contributed by atoms with E-state index in [1.165, 1.54) is 5.56 Å². The monoisotopic (exact) mass is 349 g/mol. The van der Waals surface area contributed by atoms with Crippen LogP contribution in [0.2, 0.25) is 0 Å². The first kappa shape index (κ1) is 15.9. The van der Waals surface area contributed by atoms with Crippen LogP contribution in [-0.2, 0) is 0 Å². The van der Waals surface area contributed by atoms with E-state index in [4.69, 9.17) is 4.74 Å². The van der Waals surface area contributed by atoms with Crippen molar-refractivity contribution < 1.29 is 9.84 Å². The van der Waals surface area contributed by atoms with Crippen LogP contribution >= 0.6 is 15.9 Å². The summed E-state index contributed by atoms with van der Waals surface area (Å²) in [4.78, 5) is 0. The van der Waals surface area contributed by atoms with E-state index in [9.17, 15) is 5.11 Å². The van der Waals surface area contributed by atoms with E-state index in [2.05, 4.69) is 40.3 Å². The fourth-order valence-corrected chi connectivity index (χ4v) is 2.77. The number of phenolic OH excluding ortho intramolecular Hbond substituents is 1. The Hall–Kier alpha value is -1.52. The topological polar surface area (TPSA) is 41.5 Å². The molecular formula is C17H20BrNO2. The SMILES string of the molecule is COc1ccc(C(C)N[C@H](C)c2cccc(Br)c2)c(O)c1. The van der Waals surface area contributed by atoms with Gasteiger partial charge in [0.15, 0.2) is 0 Å². The molecule has 0 spiro atoms. The van der Waals surface area contributed by atoms with Crippen molar-refractivity contribution in [2.75, 3.05) is 7.11 Å². The quantitative estimate of drug-likeness (QED) is 0.830. The van der Waals surface area contributed by atoms with Gasteiger partial charge in [0.2, 0.25) is 0 Å². The van der Waals surface area contributed by atoms with E-state index in [0.717, 1.165) is 10.0 Å². The molecule has 1 unspecified atom stereocenters. The summed E-state index contributed by atoms with van der Waals surface area (Å²) in [5, 5.41) is 13.6. The zero-order valence-electron chi connectivity index (χ0n) is 12.4. The zero-order chi connectivity index (χ0) is 15.4. The summed E-state index contributed by atoms with van der Waals surface area (Å²) in [5.74, 6) is 0.902. The van der Waals surface area contributed by atoms with Crippen molar-refractivity contribution in [1.29, 1.82) is 0 Å². The highest BCUT2D eigenvalue weighted by Crippen LogP contribution is 2.30. The lowest BCUT2D eigenvalue weighted by Crippen LogP contribution is -2.22. The van der Waals surface area contributed by atoms with Gasteiger partial charge in [-0.2, -0.15) is 0 Å². The van der Waals surface area contributed by atoms with E-state index < -0.39 is 0 Å². The van der Waals surface area contributed by atoms with Crippen molar-refractivity contribution in [2.45, 2.75) is 25.9 Å². The molecule has 0 saturated carbocycles. The minimum atomic E-state index is 0.0323. The Kier molecular flexibility index (Phi) is 5.26. The Morgan fingerprint density at radius 3 is 2.48 bits per heavy atom. The summed E-state index contributed by atoms with van der Waals surface area (Å²) in [6.07, 6.45) is 0. The largest absolute Gasteiger partial charge is 0.507 e. The first-order valence-corrected chi connectivity index (χ1v) is 7.69. The van der Waals surface area contributed by atoms with Crippen LogP contribution in [0.1, 0.15) is 37.1 Å². The Morgan fingerprint density at radius 1 is 1.10 bits per heavy atom. The Bertz CT molecular complexity index is 615. The molecule has 2 aromatic rings. The second-order valence-corrected chi connectivity index (χ2v) is 6.01. The lowest BCUT2D eigenvalue weighted by Gasteiger charge is -2.22. The maximum Gasteiger partial charge on any atom is 0.124 e. The van der Waals surface area contributed by atoms with Crippen LogP contribution in [-0.4, -0.2) is 12.2 Å². The van der Waals surface area contributed by atoms with Gasteiger partial charge in [-0.05, 0) is 37.6 Å². The smallest absolute Gasteiger partial charge is 0.124 e. The van der Waals surface area contributed by atoms with Crippen molar-refractivity contribution in [3.05, 3.63) is 58.1 Å². The molecule has 2 N–H and O–H groups in total. The number of hydrogen-bond acceptors (Lipinski definition) is 3. The maximum atomic E-state index is 10.1. The molecule has 0 amide bonds. The first-order valence-electron chi connectivity index (χ1n) is 6.89. The van der Waals surface area contributed by atoms with E-state index >= 15 is 0 Å². The number of halogens is 1. The predicted molar refractivity (Wildman–Crippen MR) is 88.8 cm³/mol. The third-order valence-electron chi connectivity index (χ3n) is 3.55. The normalized spacial score (nSPS) is 13.7. The second-order valence-electron chi connectivity index (χ2n) is 5.09. The molecule has 2 atom stereocenters. The minimum absolute atomic E-state index is 0.0323. The lowest BCUT2D eigenvalue weighted by molar-refractivity contribution is 0.402. The van der Waals surface area contributed by atoms with Crippen LogP contribution in [0.5, 0.6) is 11.5 Å². The van der Waals surface area contributed by atoms with Crippen LogP contribution in [0, 0.1) is 0 Å². The van der Waals surface area contributed by atoms with E-state index in [0.29, 0.717) is 5.75 Å². The molecule has 0 fully saturated rings. The van der Waals surface area contributed by atoms with Crippen LogP contribution in [0.25, 0.3) is 0 Å². The molecule has 0 saturated heterocycles. The lowest BCUT2D eigenvalue weighted by atomic mass is 10.0.